The summed E-state index contributed by atoms with van der Waals surface area (Å²) < 4.78 is 18.8. The van der Waals surface area contributed by atoms with E-state index in [0.29, 0.717) is 12.0 Å². The number of nitrogens with one attached hydrogen (secondary N) is 1. The zero-order chi connectivity index (χ0) is 15.9. The summed E-state index contributed by atoms with van der Waals surface area (Å²) in [6.45, 7) is 4.00. The molecule has 1 unspecified atom stereocenters. The minimum Gasteiger partial charge on any atom is -0.493 e. The van der Waals surface area contributed by atoms with Gasteiger partial charge in [-0.15, -0.1) is 0 Å². The van der Waals surface area contributed by atoms with Crippen LogP contribution in [0.1, 0.15) is 36.8 Å². The highest BCUT2D eigenvalue weighted by atomic mass is 19.1. The first-order chi connectivity index (χ1) is 11.1. The number of fused-ring (bicyclic) bond motifs is 1. The highest BCUT2D eigenvalue weighted by Crippen LogP contribution is 2.43. The van der Waals surface area contributed by atoms with Crippen molar-refractivity contribution < 1.29 is 9.13 Å². The number of para-hydroxylation sites is 1. The average molecular weight is 311 g/mol. The Hall–Kier alpha value is -1.87. The lowest BCUT2D eigenvalue weighted by atomic mass is 9.63. The molecule has 2 aliphatic rings. The molecule has 2 aromatic carbocycles. The van der Waals surface area contributed by atoms with Gasteiger partial charge in [0.15, 0.2) is 0 Å². The van der Waals surface area contributed by atoms with Crippen LogP contribution in [-0.2, 0) is 5.41 Å². The molecule has 1 aliphatic carbocycles. The van der Waals surface area contributed by atoms with Crippen molar-refractivity contribution >= 4 is 0 Å². The highest BCUT2D eigenvalue weighted by molar-refractivity contribution is 5.40. The molecular weight excluding hydrogens is 289 g/mol. The van der Waals surface area contributed by atoms with Gasteiger partial charge in [0.05, 0.1) is 6.61 Å². The third-order valence-electron chi connectivity index (χ3n) is 5.39. The Morgan fingerprint density at radius 2 is 1.87 bits per heavy atom. The molecule has 1 saturated carbocycles. The van der Waals surface area contributed by atoms with Gasteiger partial charge in [-0.05, 0) is 42.0 Å². The summed E-state index contributed by atoms with van der Waals surface area (Å²) in [7, 11) is 0. The number of ether oxygens (including phenoxy) is 1. The summed E-state index contributed by atoms with van der Waals surface area (Å²) in [6, 6.07) is 15.8. The van der Waals surface area contributed by atoms with E-state index in [4.69, 9.17) is 4.74 Å². The number of hydrogen-bond acceptors (Lipinski definition) is 2. The van der Waals surface area contributed by atoms with Crippen LogP contribution in [-0.4, -0.2) is 19.2 Å². The molecule has 0 amide bonds. The van der Waals surface area contributed by atoms with E-state index in [1.807, 2.05) is 24.3 Å². The van der Waals surface area contributed by atoms with Crippen LogP contribution < -0.4 is 10.1 Å². The fourth-order valence-corrected chi connectivity index (χ4v) is 3.97. The number of hydrogen-bond donors (Lipinski definition) is 1. The second-order valence-electron chi connectivity index (χ2n) is 7.13. The predicted octanol–water partition coefficient (Wildman–Crippen LogP) is 4.01. The predicted molar refractivity (Wildman–Crippen MR) is 89.5 cm³/mol. The van der Waals surface area contributed by atoms with Gasteiger partial charge < -0.3 is 10.1 Å². The average Bonchev–Trinajstić information content (AvgIpc) is 2.94. The third-order valence-corrected chi connectivity index (χ3v) is 5.39. The summed E-state index contributed by atoms with van der Waals surface area (Å²) >= 11 is 0. The standard InChI is InChI=1S/C20H22FNO/c1-20(15-6-8-16(21)9-7-15)10-17(11-20)22-12-14-13-23-19-5-3-2-4-18(14)19/h2-9,14,17,22H,10-13H2,1H3. The third kappa shape index (κ3) is 2.74. The molecule has 0 radical (unpaired) electrons. The summed E-state index contributed by atoms with van der Waals surface area (Å²) in [5, 5.41) is 3.68. The largest absolute Gasteiger partial charge is 0.493 e. The Morgan fingerprint density at radius 1 is 1.13 bits per heavy atom. The molecule has 0 saturated heterocycles. The maximum Gasteiger partial charge on any atom is 0.123 e. The number of halogens is 1. The van der Waals surface area contributed by atoms with Gasteiger partial charge in [-0.3, -0.25) is 0 Å². The van der Waals surface area contributed by atoms with Crippen molar-refractivity contribution in [2.45, 2.75) is 37.1 Å². The van der Waals surface area contributed by atoms with Gasteiger partial charge in [0.2, 0.25) is 0 Å². The molecule has 0 bridgehead atoms. The highest BCUT2D eigenvalue weighted by Gasteiger charge is 2.41. The van der Waals surface area contributed by atoms with Gasteiger partial charge in [-0.2, -0.15) is 0 Å². The lowest BCUT2D eigenvalue weighted by Crippen LogP contribution is -2.50. The van der Waals surface area contributed by atoms with Crippen LogP contribution in [0.15, 0.2) is 48.5 Å². The summed E-state index contributed by atoms with van der Waals surface area (Å²) in [5.41, 5.74) is 2.74. The van der Waals surface area contributed by atoms with Crippen molar-refractivity contribution in [1.29, 1.82) is 0 Å². The normalized spacial score (nSPS) is 28.8. The lowest BCUT2D eigenvalue weighted by Gasteiger charge is -2.46. The molecule has 3 heteroatoms. The first-order valence-corrected chi connectivity index (χ1v) is 8.35. The molecule has 2 aromatic rings. The van der Waals surface area contributed by atoms with Crippen LogP contribution in [0.2, 0.25) is 0 Å². The Labute approximate surface area is 136 Å². The number of benzene rings is 2. The molecule has 1 N–H and O–H groups in total. The van der Waals surface area contributed by atoms with Crippen LogP contribution in [0.5, 0.6) is 5.75 Å². The fourth-order valence-electron chi connectivity index (χ4n) is 3.97. The van der Waals surface area contributed by atoms with Crippen LogP contribution in [0, 0.1) is 5.82 Å². The van der Waals surface area contributed by atoms with Crippen molar-refractivity contribution in [3.8, 4) is 5.75 Å². The zero-order valence-corrected chi connectivity index (χ0v) is 13.4. The van der Waals surface area contributed by atoms with Crippen molar-refractivity contribution in [2.75, 3.05) is 13.2 Å². The number of rotatable bonds is 4. The van der Waals surface area contributed by atoms with E-state index in [9.17, 15) is 4.39 Å². The molecule has 1 fully saturated rings. The molecule has 120 valence electrons. The molecule has 1 aliphatic heterocycles. The van der Waals surface area contributed by atoms with Gasteiger partial charge >= 0.3 is 0 Å². The van der Waals surface area contributed by atoms with Crippen molar-refractivity contribution in [1.82, 2.24) is 5.32 Å². The van der Waals surface area contributed by atoms with Crippen molar-refractivity contribution in [2.24, 2.45) is 0 Å². The van der Waals surface area contributed by atoms with Crippen molar-refractivity contribution in [3.63, 3.8) is 0 Å². The van der Waals surface area contributed by atoms with Gasteiger partial charge in [0, 0.05) is 24.1 Å². The molecular formula is C20H22FNO. The minimum absolute atomic E-state index is 0.161. The maximum absolute atomic E-state index is 13.1. The summed E-state index contributed by atoms with van der Waals surface area (Å²) in [5.74, 6) is 1.32. The molecule has 2 nitrogen and oxygen atoms in total. The Morgan fingerprint density at radius 3 is 2.65 bits per heavy atom. The fraction of sp³-hybridized carbons (Fsp3) is 0.400. The first kappa shape index (κ1) is 14.7. The summed E-state index contributed by atoms with van der Waals surface area (Å²) in [6.07, 6.45) is 2.21. The molecule has 1 heterocycles. The van der Waals surface area contributed by atoms with Gasteiger partial charge in [0.1, 0.15) is 11.6 Å². The van der Waals surface area contributed by atoms with Crippen molar-refractivity contribution in [3.05, 3.63) is 65.5 Å². The maximum atomic E-state index is 13.1. The molecule has 1 atom stereocenters. The van der Waals surface area contributed by atoms with Gasteiger partial charge in [-0.25, -0.2) is 4.39 Å². The minimum atomic E-state index is -0.161. The summed E-state index contributed by atoms with van der Waals surface area (Å²) in [4.78, 5) is 0. The van der Waals surface area contributed by atoms with E-state index >= 15 is 0 Å². The van der Waals surface area contributed by atoms with Crippen LogP contribution in [0.3, 0.4) is 0 Å². The Balaban J connectivity index is 1.32. The van der Waals surface area contributed by atoms with E-state index in [2.05, 4.69) is 24.4 Å². The quantitative estimate of drug-likeness (QED) is 0.921. The second kappa shape index (κ2) is 5.64. The Kier molecular flexibility index (Phi) is 3.61. The monoisotopic (exact) mass is 311 g/mol. The van der Waals surface area contributed by atoms with E-state index in [-0.39, 0.29) is 11.2 Å². The topological polar surface area (TPSA) is 21.3 Å². The van der Waals surface area contributed by atoms with E-state index < -0.39 is 0 Å². The molecule has 23 heavy (non-hydrogen) atoms. The molecule has 4 rings (SSSR count). The van der Waals surface area contributed by atoms with Crippen LogP contribution in [0.4, 0.5) is 4.39 Å². The zero-order valence-electron chi connectivity index (χ0n) is 13.4. The second-order valence-corrected chi connectivity index (χ2v) is 7.13. The molecule has 0 spiro atoms. The SMILES string of the molecule is CC1(c2ccc(F)cc2)CC(NCC2COc3ccccc32)C1. The lowest BCUT2D eigenvalue weighted by molar-refractivity contribution is 0.185. The van der Waals surface area contributed by atoms with E-state index in [1.54, 1.807) is 12.1 Å². The first-order valence-electron chi connectivity index (χ1n) is 8.35. The Bertz CT molecular complexity index is 691. The van der Waals surface area contributed by atoms with Crippen LogP contribution in [0.25, 0.3) is 0 Å². The molecule has 0 aromatic heterocycles. The smallest absolute Gasteiger partial charge is 0.123 e. The van der Waals surface area contributed by atoms with Gasteiger partial charge in [-0.1, -0.05) is 37.3 Å². The van der Waals surface area contributed by atoms with Crippen LogP contribution >= 0.6 is 0 Å². The van der Waals surface area contributed by atoms with E-state index in [1.165, 1.54) is 11.1 Å². The van der Waals surface area contributed by atoms with E-state index in [0.717, 1.165) is 31.7 Å². The van der Waals surface area contributed by atoms with Gasteiger partial charge in [0.25, 0.3) is 0 Å².